The molecule has 1 amide bonds. The Kier molecular flexibility index (Phi) is 2.94. The van der Waals surface area contributed by atoms with Crippen LogP contribution in [0.4, 0.5) is 0 Å². The fourth-order valence-corrected chi connectivity index (χ4v) is 3.05. The summed E-state index contributed by atoms with van der Waals surface area (Å²) in [5.74, 6) is -0.615. The highest BCUT2D eigenvalue weighted by molar-refractivity contribution is 6.02. The van der Waals surface area contributed by atoms with Crippen molar-refractivity contribution in [3.05, 3.63) is 70.3 Å². The van der Waals surface area contributed by atoms with Crippen molar-refractivity contribution in [3.63, 3.8) is 0 Å². The number of hydrogen-bond donors (Lipinski definition) is 0. The molecule has 0 saturated carbocycles. The average molecular weight is 262 g/mol. The van der Waals surface area contributed by atoms with Gasteiger partial charge >= 0.3 is 0 Å². The van der Waals surface area contributed by atoms with E-state index in [4.69, 9.17) is 5.73 Å². The number of hydrogen-bond acceptors (Lipinski definition) is 1. The lowest BCUT2D eigenvalue weighted by atomic mass is 9.82. The lowest BCUT2D eigenvalue weighted by Crippen LogP contribution is -2.10. The first-order valence-electron chi connectivity index (χ1n) is 6.74. The molecule has 1 radical (unpaired) electrons. The fraction of sp³-hybridized carbons (Fsp3) is 0.167. The highest BCUT2D eigenvalue weighted by Crippen LogP contribution is 2.39. The van der Waals surface area contributed by atoms with Crippen molar-refractivity contribution in [3.8, 4) is 0 Å². The molecule has 1 aromatic carbocycles. The molecule has 1 aromatic rings. The van der Waals surface area contributed by atoms with E-state index in [0.717, 1.165) is 28.7 Å². The molecule has 0 heterocycles. The van der Waals surface area contributed by atoms with Gasteiger partial charge in [-0.25, -0.2) is 0 Å². The van der Waals surface area contributed by atoms with Crippen molar-refractivity contribution in [2.24, 2.45) is 0 Å². The van der Waals surface area contributed by atoms with Gasteiger partial charge in [-0.1, -0.05) is 43.0 Å². The maximum Gasteiger partial charge on any atom is 0.269 e. The Bertz CT molecular complexity index is 717. The zero-order valence-electron chi connectivity index (χ0n) is 11.5. The van der Waals surface area contributed by atoms with Gasteiger partial charge in [-0.05, 0) is 53.2 Å². The summed E-state index contributed by atoms with van der Waals surface area (Å²) in [6.45, 7) is 6.06. The number of allylic oxidation sites excluding steroid dienone is 4. The minimum atomic E-state index is -0.615. The van der Waals surface area contributed by atoms with Gasteiger partial charge < -0.3 is 0 Å². The standard InChI is InChI=1S/C18H16NO/c1-11-9-10-14(18(19)20)12(2)17(11)16-8-4-6-13-5-3-7-15(13)16/h3-4,6-8,10,19H,1,5,9H2,2H3. The molecular weight excluding hydrogens is 246 g/mol. The molecular formula is C18H16NO. The van der Waals surface area contributed by atoms with E-state index in [0.29, 0.717) is 12.0 Å². The van der Waals surface area contributed by atoms with E-state index >= 15 is 0 Å². The smallest absolute Gasteiger partial charge is 0.267 e. The quantitative estimate of drug-likeness (QED) is 0.800. The predicted molar refractivity (Wildman–Crippen MR) is 81.7 cm³/mol. The number of rotatable bonds is 2. The minimum absolute atomic E-state index is 0.506. The van der Waals surface area contributed by atoms with E-state index in [1.165, 1.54) is 11.1 Å². The summed E-state index contributed by atoms with van der Waals surface area (Å²) in [5.41, 5.74) is 14.5. The Labute approximate surface area is 119 Å². The van der Waals surface area contributed by atoms with E-state index < -0.39 is 5.91 Å². The Morgan fingerprint density at radius 1 is 1.30 bits per heavy atom. The lowest BCUT2D eigenvalue weighted by Gasteiger charge is -2.22. The summed E-state index contributed by atoms with van der Waals surface area (Å²) in [6, 6.07) is 6.26. The molecule has 20 heavy (non-hydrogen) atoms. The summed E-state index contributed by atoms with van der Waals surface area (Å²) in [7, 11) is 0. The number of carbonyl (C=O) groups is 1. The van der Waals surface area contributed by atoms with Crippen LogP contribution < -0.4 is 5.73 Å². The average Bonchev–Trinajstić information content (AvgIpc) is 2.87. The largest absolute Gasteiger partial charge is 0.269 e. The van der Waals surface area contributed by atoms with Crippen LogP contribution >= 0.6 is 0 Å². The van der Waals surface area contributed by atoms with E-state index in [9.17, 15) is 4.79 Å². The van der Waals surface area contributed by atoms with Gasteiger partial charge in [-0.3, -0.25) is 10.5 Å². The molecule has 0 unspecified atom stereocenters. The molecule has 1 N–H and O–H groups in total. The Morgan fingerprint density at radius 3 is 2.85 bits per heavy atom. The Hall–Kier alpha value is -2.35. The number of benzene rings is 1. The highest BCUT2D eigenvalue weighted by Gasteiger charge is 2.23. The van der Waals surface area contributed by atoms with Gasteiger partial charge in [0.1, 0.15) is 0 Å². The first-order valence-corrected chi connectivity index (χ1v) is 6.74. The van der Waals surface area contributed by atoms with Gasteiger partial charge in [0.25, 0.3) is 5.91 Å². The molecule has 2 aliphatic rings. The molecule has 99 valence electrons. The molecule has 0 saturated heterocycles. The topological polar surface area (TPSA) is 40.9 Å². The first kappa shape index (κ1) is 12.7. The maximum absolute atomic E-state index is 11.4. The van der Waals surface area contributed by atoms with Crippen LogP contribution in [0.25, 0.3) is 11.6 Å². The normalized spacial score (nSPS) is 17.2. The van der Waals surface area contributed by atoms with Gasteiger partial charge in [0.05, 0.1) is 0 Å². The van der Waals surface area contributed by atoms with Crippen LogP contribution in [0.3, 0.4) is 0 Å². The number of nitrogens with one attached hydrogen (secondary N) is 1. The van der Waals surface area contributed by atoms with Crippen LogP contribution in [0, 0.1) is 0 Å². The van der Waals surface area contributed by atoms with Crippen molar-refractivity contribution in [2.45, 2.75) is 19.8 Å². The van der Waals surface area contributed by atoms with Gasteiger partial charge in [0.15, 0.2) is 0 Å². The van der Waals surface area contributed by atoms with Crippen molar-refractivity contribution >= 4 is 17.6 Å². The molecule has 0 fully saturated rings. The van der Waals surface area contributed by atoms with Gasteiger partial charge in [-0.2, -0.15) is 0 Å². The molecule has 2 heteroatoms. The summed E-state index contributed by atoms with van der Waals surface area (Å²) < 4.78 is 0. The van der Waals surface area contributed by atoms with E-state index in [2.05, 4.69) is 36.9 Å². The molecule has 0 bridgehead atoms. The SMILES string of the molecule is C=C1CC=C(C([NH])=O)C(C)=C1c1cccc2c1C=CC2. The van der Waals surface area contributed by atoms with Gasteiger partial charge in [-0.15, -0.1) is 0 Å². The van der Waals surface area contributed by atoms with Crippen LogP contribution in [-0.4, -0.2) is 5.91 Å². The maximum atomic E-state index is 11.4. The Morgan fingerprint density at radius 2 is 2.10 bits per heavy atom. The molecule has 0 aromatic heterocycles. The van der Waals surface area contributed by atoms with Crippen molar-refractivity contribution in [1.29, 1.82) is 0 Å². The van der Waals surface area contributed by atoms with Gasteiger partial charge in [0, 0.05) is 5.57 Å². The lowest BCUT2D eigenvalue weighted by molar-refractivity contribution is -0.114. The second-order valence-electron chi connectivity index (χ2n) is 5.24. The summed E-state index contributed by atoms with van der Waals surface area (Å²) >= 11 is 0. The summed E-state index contributed by atoms with van der Waals surface area (Å²) in [5, 5.41) is 0. The van der Waals surface area contributed by atoms with Crippen molar-refractivity contribution in [2.75, 3.05) is 0 Å². The second kappa shape index (κ2) is 4.64. The van der Waals surface area contributed by atoms with Crippen LogP contribution in [-0.2, 0) is 11.2 Å². The molecule has 0 atom stereocenters. The van der Waals surface area contributed by atoms with E-state index in [1.807, 2.05) is 13.0 Å². The van der Waals surface area contributed by atoms with Crippen LogP contribution in [0.5, 0.6) is 0 Å². The van der Waals surface area contributed by atoms with E-state index in [-0.39, 0.29) is 0 Å². The number of fused-ring (bicyclic) bond motifs is 1. The highest BCUT2D eigenvalue weighted by atomic mass is 16.1. The molecule has 0 aliphatic heterocycles. The van der Waals surface area contributed by atoms with Crippen molar-refractivity contribution < 1.29 is 4.79 Å². The second-order valence-corrected chi connectivity index (χ2v) is 5.24. The predicted octanol–water partition coefficient (Wildman–Crippen LogP) is 3.73. The van der Waals surface area contributed by atoms with E-state index in [1.54, 1.807) is 0 Å². The Balaban J connectivity index is 2.22. The minimum Gasteiger partial charge on any atom is -0.267 e. The summed E-state index contributed by atoms with van der Waals surface area (Å²) in [4.78, 5) is 11.4. The third-order valence-corrected chi connectivity index (χ3v) is 4.02. The summed E-state index contributed by atoms with van der Waals surface area (Å²) in [6.07, 6.45) is 7.71. The van der Waals surface area contributed by atoms with Crippen LogP contribution in [0.2, 0.25) is 0 Å². The monoisotopic (exact) mass is 262 g/mol. The van der Waals surface area contributed by atoms with Gasteiger partial charge in [0.2, 0.25) is 0 Å². The number of amides is 1. The number of carbonyl (C=O) groups excluding carboxylic acids is 1. The third-order valence-electron chi connectivity index (χ3n) is 4.02. The zero-order valence-corrected chi connectivity index (χ0v) is 11.5. The zero-order chi connectivity index (χ0) is 14.3. The molecule has 0 spiro atoms. The first-order chi connectivity index (χ1) is 9.59. The fourth-order valence-electron chi connectivity index (χ4n) is 3.05. The van der Waals surface area contributed by atoms with Crippen molar-refractivity contribution in [1.82, 2.24) is 5.73 Å². The van der Waals surface area contributed by atoms with Crippen LogP contribution in [0.1, 0.15) is 30.0 Å². The molecule has 3 rings (SSSR count). The molecule has 2 nitrogen and oxygen atoms in total. The van der Waals surface area contributed by atoms with Crippen LogP contribution in [0.15, 0.2) is 53.6 Å². The molecule has 2 aliphatic carbocycles. The third kappa shape index (κ3) is 1.85.